The van der Waals surface area contributed by atoms with Crippen LogP contribution in [0.4, 0.5) is 0 Å². The summed E-state index contributed by atoms with van der Waals surface area (Å²) >= 11 is 0. The molecule has 1 aliphatic rings. The van der Waals surface area contributed by atoms with E-state index in [-0.39, 0.29) is 5.91 Å². The summed E-state index contributed by atoms with van der Waals surface area (Å²) in [6.45, 7) is 6.82. The van der Waals surface area contributed by atoms with E-state index in [0.29, 0.717) is 19.5 Å². The topological polar surface area (TPSA) is 40.5 Å². The molecule has 1 aromatic carbocycles. The molecule has 0 unspecified atom stereocenters. The van der Waals surface area contributed by atoms with Crippen molar-refractivity contribution in [2.45, 2.75) is 32.8 Å². The highest BCUT2D eigenvalue weighted by molar-refractivity contribution is 5.96. The molecule has 1 fully saturated rings. The Bertz CT molecular complexity index is 448. The lowest BCUT2D eigenvalue weighted by Crippen LogP contribution is -2.63. The Kier molecular flexibility index (Phi) is 2.96. The van der Waals surface area contributed by atoms with Gasteiger partial charge >= 0.3 is 0 Å². The zero-order chi connectivity index (χ0) is 12.6. The molecule has 92 valence electrons. The fourth-order valence-electron chi connectivity index (χ4n) is 2.26. The van der Waals surface area contributed by atoms with Crippen LogP contribution in [0.15, 0.2) is 18.2 Å². The van der Waals surface area contributed by atoms with Gasteiger partial charge in [-0.1, -0.05) is 24.6 Å². The van der Waals surface area contributed by atoms with E-state index in [1.54, 1.807) is 4.90 Å². The highest BCUT2D eigenvalue weighted by atomic mass is 16.3. The second-order valence-electron chi connectivity index (χ2n) is 5.06. The molecule has 1 aliphatic heterocycles. The van der Waals surface area contributed by atoms with E-state index in [1.165, 1.54) is 0 Å². The van der Waals surface area contributed by atoms with E-state index in [4.69, 9.17) is 0 Å². The van der Waals surface area contributed by atoms with Gasteiger partial charge in [0.15, 0.2) is 0 Å². The van der Waals surface area contributed by atoms with E-state index in [1.807, 2.05) is 39.0 Å². The van der Waals surface area contributed by atoms with E-state index in [2.05, 4.69) is 0 Å². The molecule has 3 heteroatoms. The Morgan fingerprint density at radius 1 is 1.41 bits per heavy atom. The highest BCUT2D eigenvalue weighted by Crippen LogP contribution is 2.26. The van der Waals surface area contributed by atoms with Crippen LogP contribution in [0.3, 0.4) is 0 Å². The SMILES string of the molecule is CCC1(O)CN(C(=O)c2ccc(C)cc2C)C1. The third kappa shape index (κ3) is 2.20. The number of carbonyl (C=O) groups excluding carboxylic acids is 1. The molecular weight excluding hydrogens is 214 g/mol. The average Bonchev–Trinajstić information content (AvgIpc) is 2.24. The first-order valence-electron chi connectivity index (χ1n) is 6.04. The van der Waals surface area contributed by atoms with Crippen LogP contribution in [0.5, 0.6) is 0 Å². The van der Waals surface area contributed by atoms with Crippen molar-refractivity contribution in [1.29, 1.82) is 0 Å². The van der Waals surface area contributed by atoms with Crippen LogP contribution in [0.25, 0.3) is 0 Å². The van der Waals surface area contributed by atoms with Gasteiger partial charge in [0, 0.05) is 5.56 Å². The van der Waals surface area contributed by atoms with Crippen LogP contribution in [-0.4, -0.2) is 34.6 Å². The lowest BCUT2D eigenvalue weighted by Gasteiger charge is -2.46. The predicted molar refractivity (Wildman–Crippen MR) is 67.1 cm³/mol. The molecule has 0 saturated carbocycles. The van der Waals surface area contributed by atoms with Crippen LogP contribution in [0, 0.1) is 13.8 Å². The van der Waals surface area contributed by atoms with Crippen molar-refractivity contribution in [3.05, 3.63) is 34.9 Å². The molecule has 3 nitrogen and oxygen atoms in total. The summed E-state index contributed by atoms with van der Waals surface area (Å²) < 4.78 is 0. The van der Waals surface area contributed by atoms with E-state index < -0.39 is 5.60 Å². The van der Waals surface area contributed by atoms with Gasteiger partial charge in [-0.15, -0.1) is 0 Å². The molecule has 0 atom stereocenters. The number of hydrogen-bond acceptors (Lipinski definition) is 2. The Hall–Kier alpha value is -1.35. The smallest absolute Gasteiger partial charge is 0.254 e. The standard InChI is InChI=1S/C14H19NO2/c1-4-14(17)8-15(9-14)13(16)12-6-5-10(2)7-11(12)3/h5-7,17H,4,8-9H2,1-3H3. The normalized spacial score (nSPS) is 17.8. The number of rotatable bonds is 2. The zero-order valence-corrected chi connectivity index (χ0v) is 10.7. The van der Waals surface area contributed by atoms with Crippen LogP contribution in [0.1, 0.15) is 34.8 Å². The van der Waals surface area contributed by atoms with Crippen molar-refractivity contribution in [3.8, 4) is 0 Å². The summed E-state index contributed by atoms with van der Waals surface area (Å²) in [5.41, 5.74) is 2.25. The molecule has 0 spiro atoms. The zero-order valence-electron chi connectivity index (χ0n) is 10.7. The number of likely N-dealkylation sites (tertiary alicyclic amines) is 1. The summed E-state index contributed by atoms with van der Waals surface area (Å²) in [6.07, 6.45) is 0.698. The summed E-state index contributed by atoms with van der Waals surface area (Å²) in [6, 6.07) is 5.83. The summed E-state index contributed by atoms with van der Waals surface area (Å²) in [7, 11) is 0. The minimum absolute atomic E-state index is 0.0284. The second kappa shape index (κ2) is 4.15. The fourth-order valence-corrected chi connectivity index (χ4v) is 2.26. The number of aliphatic hydroxyl groups is 1. The van der Waals surface area contributed by atoms with Gasteiger partial charge in [-0.2, -0.15) is 0 Å². The first kappa shape index (κ1) is 12.1. The maximum atomic E-state index is 12.2. The Morgan fingerprint density at radius 3 is 2.59 bits per heavy atom. The average molecular weight is 233 g/mol. The number of nitrogens with zero attached hydrogens (tertiary/aromatic N) is 1. The number of hydrogen-bond donors (Lipinski definition) is 1. The van der Waals surface area contributed by atoms with E-state index in [0.717, 1.165) is 16.7 Å². The number of carbonyl (C=O) groups is 1. The van der Waals surface area contributed by atoms with Crippen LogP contribution >= 0.6 is 0 Å². The van der Waals surface area contributed by atoms with Crippen molar-refractivity contribution in [2.75, 3.05) is 13.1 Å². The quantitative estimate of drug-likeness (QED) is 0.847. The molecule has 1 aromatic rings. The van der Waals surface area contributed by atoms with Gasteiger partial charge in [-0.25, -0.2) is 0 Å². The molecule has 0 radical (unpaired) electrons. The lowest BCUT2D eigenvalue weighted by atomic mass is 9.90. The van der Waals surface area contributed by atoms with Gasteiger partial charge in [-0.3, -0.25) is 4.79 Å². The van der Waals surface area contributed by atoms with Gasteiger partial charge < -0.3 is 10.0 Å². The summed E-state index contributed by atoms with van der Waals surface area (Å²) in [5, 5.41) is 9.90. The molecule has 1 heterocycles. The minimum Gasteiger partial charge on any atom is -0.386 e. The third-order valence-corrected chi connectivity index (χ3v) is 3.53. The van der Waals surface area contributed by atoms with Gasteiger partial charge in [0.1, 0.15) is 0 Å². The van der Waals surface area contributed by atoms with Crippen LogP contribution in [-0.2, 0) is 0 Å². The van der Waals surface area contributed by atoms with Gasteiger partial charge in [0.2, 0.25) is 0 Å². The molecule has 2 rings (SSSR count). The first-order valence-corrected chi connectivity index (χ1v) is 6.04. The molecule has 1 amide bonds. The van der Waals surface area contributed by atoms with Crippen molar-refractivity contribution in [2.24, 2.45) is 0 Å². The van der Waals surface area contributed by atoms with Gasteiger partial charge in [0.05, 0.1) is 18.7 Å². The minimum atomic E-state index is -0.658. The first-order chi connectivity index (χ1) is 7.95. The molecular formula is C14H19NO2. The predicted octanol–water partition coefficient (Wildman–Crippen LogP) is 1.90. The fraction of sp³-hybridized carbons (Fsp3) is 0.500. The molecule has 0 aliphatic carbocycles. The Labute approximate surface area is 102 Å². The highest BCUT2D eigenvalue weighted by Gasteiger charge is 2.42. The molecule has 1 N–H and O–H groups in total. The second-order valence-corrected chi connectivity index (χ2v) is 5.06. The van der Waals surface area contributed by atoms with E-state index in [9.17, 15) is 9.90 Å². The number of β-amino-alcohol motifs (C(OH)–C–C–N with tert-alkyl or cyclic N) is 1. The number of benzene rings is 1. The van der Waals surface area contributed by atoms with E-state index >= 15 is 0 Å². The molecule has 17 heavy (non-hydrogen) atoms. The van der Waals surface area contributed by atoms with Crippen molar-refractivity contribution in [1.82, 2.24) is 4.90 Å². The maximum absolute atomic E-state index is 12.2. The van der Waals surface area contributed by atoms with Crippen molar-refractivity contribution < 1.29 is 9.90 Å². The molecule has 0 bridgehead atoms. The maximum Gasteiger partial charge on any atom is 0.254 e. The summed E-state index contributed by atoms with van der Waals surface area (Å²) in [4.78, 5) is 13.9. The van der Waals surface area contributed by atoms with Gasteiger partial charge in [0.25, 0.3) is 5.91 Å². The number of aryl methyl sites for hydroxylation is 2. The van der Waals surface area contributed by atoms with Crippen LogP contribution in [0.2, 0.25) is 0 Å². The van der Waals surface area contributed by atoms with Crippen molar-refractivity contribution >= 4 is 5.91 Å². The van der Waals surface area contributed by atoms with Crippen LogP contribution < -0.4 is 0 Å². The Balaban J connectivity index is 2.12. The molecule has 1 saturated heterocycles. The Morgan fingerprint density at radius 2 is 2.06 bits per heavy atom. The summed E-state index contributed by atoms with van der Waals surface area (Å²) in [5.74, 6) is 0.0284. The third-order valence-electron chi connectivity index (χ3n) is 3.53. The van der Waals surface area contributed by atoms with Crippen molar-refractivity contribution in [3.63, 3.8) is 0 Å². The van der Waals surface area contributed by atoms with Gasteiger partial charge in [-0.05, 0) is 31.9 Å². The molecule has 0 aromatic heterocycles. The largest absolute Gasteiger partial charge is 0.386 e. The number of amides is 1. The lowest BCUT2D eigenvalue weighted by molar-refractivity contribution is -0.0826. The monoisotopic (exact) mass is 233 g/mol.